The Morgan fingerprint density at radius 1 is 1.31 bits per heavy atom. The van der Waals surface area contributed by atoms with Crippen LogP contribution in [0, 0.1) is 0 Å². The highest BCUT2D eigenvalue weighted by molar-refractivity contribution is 5.07. The molecule has 1 rings (SSSR count). The van der Waals surface area contributed by atoms with E-state index in [2.05, 4.69) is 6.92 Å². The fraction of sp³-hybridized carbons (Fsp3) is 0.667. The van der Waals surface area contributed by atoms with Gasteiger partial charge in [0.15, 0.2) is 0 Å². The number of hydrogen-bond acceptors (Lipinski definition) is 1. The van der Waals surface area contributed by atoms with Crippen LogP contribution in [0.5, 0.6) is 0 Å². The molecule has 0 N–H and O–H groups in total. The van der Waals surface area contributed by atoms with Crippen molar-refractivity contribution in [3.8, 4) is 0 Å². The van der Waals surface area contributed by atoms with Gasteiger partial charge in [0, 0.05) is 1.37 Å². The minimum absolute atomic E-state index is 0.0303. The van der Waals surface area contributed by atoms with Crippen molar-refractivity contribution in [1.29, 1.82) is 0 Å². The van der Waals surface area contributed by atoms with Crippen LogP contribution >= 0.6 is 0 Å². The second-order valence-corrected chi connectivity index (χ2v) is 3.41. The summed E-state index contributed by atoms with van der Waals surface area (Å²) >= 11 is 0. The van der Waals surface area contributed by atoms with Crippen LogP contribution < -0.4 is 0 Å². The Hall–Kier alpha value is -0.720. The third-order valence-electron chi connectivity index (χ3n) is 2.18. The predicted octanol–water partition coefficient (Wildman–Crippen LogP) is 3.82. The van der Waals surface area contributed by atoms with E-state index in [1.807, 2.05) is 18.2 Å². The lowest BCUT2D eigenvalue weighted by Gasteiger charge is -2.14. The molecule has 1 heterocycles. The van der Waals surface area contributed by atoms with Gasteiger partial charge in [0.1, 0.15) is 6.10 Å². The number of unbranched alkanes of at least 4 members (excludes halogenated alkanes) is 2. The van der Waals surface area contributed by atoms with E-state index >= 15 is 0 Å². The summed E-state index contributed by atoms with van der Waals surface area (Å²) in [6.45, 7) is 2.19. The first-order chi connectivity index (χ1) is 6.83. The molecule has 74 valence electrons. The van der Waals surface area contributed by atoms with Crippen molar-refractivity contribution in [2.45, 2.75) is 51.5 Å². The summed E-state index contributed by atoms with van der Waals surface area (Å²) in [6, 6.07) is 0. The Labute approximate surface area is 82.9 Å². The van der Waals surface area contributed by atoms with Crippen molar-refractivity contribution in [3.63, 3.8) is 0 Å². The quantitative estimate of drug-likeness (QED) is 0.566. The molecule has 1 nitrogen and oxygen atoms in total. The third kappa shape index (κ3) is 4.76. The molecule has 13 heavy (non-hydrogen) atoms. The summed E-state index contributed by atoms with van der Waals surface area (Å²) in [5, 5.41) is 0. The van der Waals surface area contributed by atoms with Crippen LogP contribution in [0.1, 0.15) is 46.8 Å². The smallest absolute Gasteiger partial charge is 0.116 e. The van der Waals surface area contributed by atoms with Gasteiger partial charge in [-0.2, -0.15) is 0 Å². The molecule has 2 atom stereocenters. The van der Waals surface area contributed by atoms with E-state index in [0.29, 0.717) is 0 Å². The molecule has 0 aromatic heterocycles. The summed E-state index contributed by atoms with van der Waals surface area (Å²) in [4.78, 5) is 0. The SMILES string of the molecule is [2H]C(CCCCC)CC1C=CC=CO1. The van der Waals surface area contributed by atoms with Crippen molar-refractivity contribution in [1.82, 2.24) is 0 Å². The summed E-state index contributed by atoms with van der Waals surface area (Å²) in [5.41, 5.74) is 0. The van der Waals surface area contributed by atoms with Crippen LogP contribution in [0.4, 0.5) is 0 Å². The molecule has 0 radical (unpaired) electrons. The zero-order valence-corrected chi connectivity index (χ0v) is 8.41. The van der Waals surface area contributed by atoms with Gasteiger partial charge in [-0.25, -0.2) is 0 Å². The third-order valence-corrected chi connectivity index (χ3v) is 2.18. The molecule has 1 aliphatic heterocycles. The van der Waals surface area contributed by atoms with Gasteiger partial charge >= 0.3 is 0 Å². The largest absolute Gasteiger partial charge is 0.494 e. The number of rotatable bonds is 6. The summed E-state index contributed by atoms with van der Waals surface area (Å²) in [7, 11) is 0. The second kappa shape index (κ2) is 6.76. The van der Waals surface area contributed by atoms with E-state index in [0.717, 1.165) is 12.8 Å². The maximum absolute atomic E-state index is 7.85. The van der Waals surface area contributed by atoms with Crippen LogP contribution in [-0.4, -0.2) is 6.10 Å². The van der Waals surface area contributed by atoms with E-state index < -0.39 is 0 Å². The number of hydrogen-bond donors (Lipinski definition) is 0. The summed E-state index contributed by atoms with van der Waals surface area (Å²) < 4.78 is 13.2. The fourth-order valence-electron chi connectivity index (χ4n) is 1.38. The molecule has 1 heteroatoms. The van der Waals surface area contributed by atoms with Crippen LogP contribution in [0.3, 0.4) is 0 Å². The van der Waals surface area contributed by atoms with Crippen molar-refractivity contribution in [2.24, 2.45) is 0 Å². The highest BCUT2D eigenvalue weighted by atomic mass is 16.5. The molecule has 0 amide bonds. The molecule has 0 bridgehead atoms. The Kier molecular flexibility index (Phi) is 4.61. The molecule has 0 aliphatic carbocycles. The Bertz CT molecular complexity index is 198. The van der Waals surface area contributed by atoms with E-state index in [9.17, 15) is 0 Å². The topological polar surface area (TPSA) is 9.23 Å². The highest BCUT2D eigenvalue weighted by Crippen LogP contribution is 2.12. The standard InChI is InChI=1S/C12H20O/c1-2-3-4-5-6-9-12-10-7-8-11-13-12/h7-8,10-12H,2-6,9H2,1H3/i6D. The van der Waals surface area contributed by atoms with Gasteiger partial charge in [0.25, 0.3) is 0 Å². The monoisotopic (exact) mass is 181 g/mol. The first-order valence-corrected chi connectivity index (χ1v) is 5.24. The van der Waals surface area contributed by atoms with Gasteiger partial charge in [-0.1, -0.05) is 38.7 Å². The molecule has 1 aliphatic rings. The Morgan fingerprint density at radius 2 is 2.23 bits per heavy atom. The van der Waals surface area contributed by atoms with Crippen LogP contribution in [0.15, 0.2) is 24.5 Å². The molecule has 0 fully saturated rings. The number of ether oxygens (including phenoxy) is 1. The molecular weight excluding hydrogens is 160 g/mol. The van der Waals surface area contributed by atoms with Crippen LogP contribution in [-0.2, 0) is 4.74 Å². The maximum atomic E-state index is 7.85. The Morgan fingerprint density at radius 3 is 2.92 bits per heavy atom. The normalized spacial score (nSPS) is 23.8. The van der Waals surface area contributed by atoms with Crippen molar-refractivity contribution in [2.75, 3.05) is 0 Å². The lowest BCUT2D eigenvalue weighted by molar-refractivity contribution is 0.170. The van der Waals surface area contributed by atoms with E-state index in [1.54, 1.807) is 6.26 Å². The molecule has 0 aromatic carbocycles. The molecular formula is C12H20O. The van der Waals surface area contributed by atoms with Gasteiger partial charge in [-0.05, 0) is 25.0 Å². The van der Waals surface area contributed by atoms with E-state index in [4.69, 9.17) is 6.11 Å². The van der Waals surface area contributed by atoms with Gasteiger partial charge in [0.05, 0.1) is 6.26 Å². The van der Waals surface area contributed by atoms with Crippen molar-refractivity contribution >= 4 is 0 Å². The zero-order chi connectivity index (χ0) is 10.2. The fourth-order valence-corrected chi connectivity index (χ4v) is 1.38. The van der Waals surface area contributed by atoms with Crippen LogP contribution in [0.25, 0.3) is 0 Å². The number of allylic oxidation sites excluding steroid dienone is 2. The van der Waals surface area contributed by atoms with Gasteiger partial charge in [-0.3, -0.25) is 0 Å². The van der Waals surface area contributed by atoms with Crippen molar-refractivity contribution < 1.29 is 6.11 Å². The van der Waals surface area contributed by atoms with Gasteiger partial charge < -0.3 is 4.74 Å². The molecule has 0 aromatic rings. The summed E-state index contributed by atoms with van der Waals surface area (Å²) in [6.07, 6.45) is 13.3. The Balaban J connectivity index is 2.10. The predicted molar refractivity (Wildman–Crippen MR) is 56.5 cm³/mol. The first kappa shape index (κ1) is 8.86. The van der Waals surface area contributed by atoms with E-state index in [-0.39, 0.29) is 12.5 Å². The molecule has 0 spiro atoms. The highest BCUT2D eigenvalue weighted by Gasteiger charge is 2.04. The minimum Gasteiger partial charge on any atom is -0.494 e. The lowest BCUT2D eigenvalue weighted by atomic mass is 10.1. The maximum Gasteiger partial charge on any atom is 0.116 e. The molecule has 0 saturated carbocycles. The van der Waals surface area contributed by atoms with Crippen LogP contribution in [0.2, 0.25) is 0 Å². The zero-order valence-electron chi connectivity index (χ0n) is 9.41. The second-order valence-electron chi connectivity index (χ2n) is 3.41. The molecule has 0 saturated heterocycles. The average Bonchev–Trinajstić information content (AvgIpc) is 2.20. The van der Waals surface area contributed by atoms with E-state index in [1.165, 1.54) is 19.3 Å². The minimum atomic E-state index is 0.0303. The van der Waals surface area contributed by atoms with Gasteiger partial charge in [0.2, 0.25) is 0 Å². The summed E-state index contributed by atoms with van der Waals surface area (Å²) in [5.74, 6) is 0. The first-order valence-electron chi connectivity index (χ1n) is 5.81. The lowest BCUT2D eigenvalue weighted by Crippen LogP contribution is -2.07. The average molecular weight is 181 g/mol. The molecule has 2 unspecified atom stereocenters. The van der Waals surface area contributed by atoms with Crippen molar-refractivity contribution in [3.05, 3.63) is 24.5 Å². The van der Waals surface area contributed by atoms with Gasteiger partial charge in [-0.15, -0.1) is 0 Å².